The lowest BCUT2D eigenvalue weighted by atomic mass is 10.0. The first-order chi connectivity index (χ1) is 13.6. The van der Waals surface area contributed by atoms with Gasteiger partial charge in [0.05, 0.1) is 18.3 Å². The first-order valence-corrected chi connectivity index (χ1v) is 8.80. The molecule has 0 atom stereocenters. The number of benzene rings is 3. The van der Waals surface area contributed by atoms with Crippen LogP contribution in [-0.2, 0) is 0 Å². The number of carbonyl (C=O) groups is 1. The number of aromatic hydroxyl groups is 1. The number of halogens is 1. The van der Waals surface area contributed by atoms with E-state index in [-0.39, 0.29) is 28.0 Å². The molecule has 3 aromatic rings. The van der Waals surface area contributed by atoms with Crippen LogP contribution in [0.25, 0.3) is 0 Å². The zero-order valence-electron chi connectivity index (χ0n) is 15.0. The molecular weight excluding hydrogens is 376 g/mol. The first kappa shape index (κ1) is 19.3. The maximum Gasteiger partial charge on any atom is 0.213 e. The van der Waals surface area contributed by atoms with Crippen molar-refractivity contribution in [2.24, 2.45) is 10.2 Å². The molecule has 0 saturated heterocycles. The van der Waals surface area contributed by atoms with E-state index in [0.717, 1.165) is 0 Å². The zero-order chi connectivity index (χ0) is 19.9. The lowest BCUT2D eigenvalue weighted by Crippen LogP contribution is -2.15. The van der Waals surface area contributed by atoms with Gasteiger partial charge in [-0.3, -0.25) is 4.79 Å². The SMILES string of the molecule is COc1cc(/C=N/N=C(/C(=O)c2ccccc2)c2ccccc2)cc(Cl)c1O. The Balaban J connectivity index is 1.97. The van der Waals surface area contributed by atoms with Crippen molar-refractivity contribution in [3.63, 3.8) is 0 Å². The minimum Gasteiger partial charge on any atom is -0.503 e. The van der Waals surface area contributed by atoms with Crippen molar-refractivity contribution in [1.29, 1.82) is 0 Å². The molecule has 0 aliphatic carbocycles. The van der Waals surface area contributed by atoms with Gasteiger partial charge in [-0.05, 0) is 12.1 Å². The van der Waals surface area contributed by atoms with E-state index in [4.69, 9.17) is 16.3 Å². The van der Waals surface area contributed by atoms with Crippen LogP contribution in [0.2, 0.25) is 5.02 Å². The molecule has 140 valence electrons. The van der Waals surface area contributed by atoms with Gasteiger partial charge >= 0.3 is 0 Å². The molecule has 0 unspecified atom stereocenters. The normalized spacial score (nSPS) is 11.6. The van der Waals surface area contributed by atoms with Crippen molar-refractivity contribution in [2.75, 3.05) is 7.11 Å². The standard InChI is InChI=1S/C22H17ClN2O3/c1-28-19-13-15(12-18(23)22(19)27)14-24-25-20(16-8-4-2-5-9-16)21(26)17-10-6-3-7-11-17/h2-14,27H,1H3/b24-14+,25-20+. The lowest BCUT2D eigenvalue weighted by Gasteiger charge is -2.06. The molecular formula is C22H17ClN2O3. The molecule has 0 radical (unpaired) electrons. The van der Waals surface area contributed by atoms with Gasteiger partial charge in [0, 0.05) is 16.7 Å². The molecule has 0 amide bonds. The molecule has 0 heterocycles. The van der Waals surface area contributed by atoms with Crippen LogP contribution in [0.1, 0.15) is 21.5 Å². The third-order valence-electron chi connectivity index (χ3n) is 3.93. The lowest BCUT2D eigenvalue weighted by molar-refractivity contribution is 0.106. The molecule has 0 aromatic heterocycles. The average molecular weight is 393 g/mol. The van der Waals surface area contributed by atoms with Gasteiger partial charge in [0.25, 0.3) is 0 Å². The fourth-order valence-corrected chi connectivity index (χ4v) is 2.75. The van der Waals surface area contributed by atoms with E-state index in [2.05, 4.69) is 10.2 Å². The highest BCUT2D eigenvalue weighted by atomic mass is 35.5. The number of ketones is 1. The largest absolute Gasteiger partial charge is 0.503 e. The van der Waals surface area contributed by atoms with E-state index >= 15 is 0 Å². The molecule has 0 fully saturated rings. The summed E-state index contributed by atoms with van der Waals surface area (Å²) in [6.07, 6.45) is 1.44. The third kappa shape index (κ3) is 4.45. The number of methoxy groups -OCH3 is 1. The summed E-state index contributed by atoms with van der Waals surface area (Å²) in [4.78, 5) is 12.9. The molecule has 0 spiro atoms. The minimum absolute atomic E-state index is 0.133. The number of nitrogens with zero attached hydrogens (tertiary/aromatic N) is 2. The van der Waals surface area contributed by atoms with E-state index in [0.29, 0.717) is 16.7 Å². The summed E-state index contributed by atoms with van der Waals surface area (Å²) in [6.45, 7) is 0. The first-order valence-electron chi connectivity index (χ1n) is 8.43. The van der Waals surface area contributed by atoms with E-state index < -0.39 is 0 Å². The molecule has 3 rings (SSSR count). The number of phenols is 1. The molecule has 0 saturated carbocycles. The quantitative estimate of drug-likeness (QED) is 0.373. The van der Waals surface area contributed by atoms with Crippen LogP contribution < -0.4 is 4.74 Å². The summed E-state index contributed by atoms with van der Waals surface area (Å²) < 4.78 is 5.07. The molecule has 1 N–H and O–H groups in total. The van der Waals surface area contributed by atoms with E-state index in [9.17, 15) is 9.90 Å². The van der Waals surface area contributed by atoms with Gasteiger partial charge in [-0.25, -0.2) is 0 Å². The van der Waals surface area contributed by atoms with Crippen LogP contribution in [0.5, 0.6) is 11.5 Å². The monoisotopic (exact) mass is 392 g/mol. The highest BCUT2D eigenvalue weighted by Gasteiger charge is 2.16. The maximum absolute atomic E-state index is 12.9. The average Bonchev–Trinajstić information content (AvgIpc) is 2.74. The number of phenolic OH excluding ortho intramolecular Hbond substituents is 1. The Bertz CT molecular complexity index is 1030. The second-order valence-corrected chi connectivity index (χ2v) is 6.22. The van der Waals surface area contributed by atoms with Crippen molar-refractivity contribution < 1.29 is 14.6 Å². The molecule has 5 nitrogen and oxygen atoms in total. The van der Waals surface area contributed by atoms with Gasteiger partial charge in [-0.15, -0.1) is 5.10 Å². The van der Waals surface area contributed by atoms with Gasteiger partial charge in [0.2, 0.25) is 5.78 Å². The third-order valence-corrected chi connectivity index (χ3v) is 4.22. The summed E-state index contributed by atoms with van der Waals surface area (Å²) in [6, 6.07) is 21.1. The van der Waals surface area contributed by atoms with Crippen LogP contribution in [0.4, 0.5) is 0 Å². The molecule has 0 bridgehead atoms. The minimum atomic E-state index is -0.231. The number of ether oxygens (including phenoxy) is 1. The number of carbonyl (C=O) groups excluding carboxylic acids is 1. The van der Waals surface area contributed by atoms with Crippen LogP contribution in [-0.4, -0.2) is 29.9 Å². The van der Waals surface area contributed by atoms with Crippen molar-refractivity contribution >= 4 is 29.3 Å². The van der Waals surface area contributed by atoms with E-state index in [1.807, 2.05) is 24.3 Å². The van der Waals surface area contributed by atoms with Crippen LogP contribution in [0, 0.1) is 0 Å². The predicted molar refractivity (Wildman–Crippen MR) is 111 cm³/mol. The summed E-state index contributed by atoms with van der Waals surface area (Å²) in [5, 5.41) is 18.2. The van der Waals surface area contributed by atoms with Crippen molar-refractivity contribution in [2.45, 2.75) is 0 Å². The van der Waals surface area contributed by atoms with Crippen molar-refractivity contribution in [3.05, 3.63) is 94.5 Å². The summed E-state index contributed by atoms with van der Waals surface area (Å²) in [5.74, 6) is -0.152. The van der Waals surface area contributed by atoms with Gasteiger partial charge in [-0.2, -0.15) is 5.10 Å². The Hall–Kier alpha value is -3.44. The van der Waals surface area contributed by atoms with Gasteiger partial charge in [0.1, 0.15) is 5.71 Å². The summed E-state index contributed by atoms with van der Waals surface area (Å²) in [7, 11) is 1.43. The topological polar surface area (TPSA) is 71.2 Å². The number of Topliss-reactive ketones (excluding diaryl/α,β-unsaturated/α-hetero) is 1. The highest BCUT2D eigenvalue weighted by molar-refractivity contribution is 6.51. The van der Waals surface area contributed by atoms with Crippen LogP contribution in [0.3, 0.4) is 0 Å². The van der Waals surface area contributed by atoms with Gasteiger partial charge in [-0.1, -0.05) is 72.3 Å². The van der Waals surface area contributed by atoms with Crippen molar-refractivity contribution in [1.82, 2.24) is 0 Å². The molecule has 0 aliphatic heterocycles. The Morgan fingerprint density at radius 2 is 1.61 bits per heavy atom. The predicted octanol–water partition coefficient (Wildman–Crippen LogP) is 4.76. The number of hydrogen-bond donors (Lipinski definition) is 1. The van der Waals surface area contributed by atoms with Crippen molar-refractivity contribution in [3.8, 4) is 11.5 Å². The smallest absolute Gasteiger partial charge is 0.213 e. The molecule has 3 aromatic carbocycles. The Morgan fingerprint density at radius 1 is 1.00 bits per heavy atom. The number of hydrogen-bond acceptors (Lipinski definition) is 5. The number of rotatable bonds is 6. The van der Waals surface area contributed by atoms with Crippen LogP contribution >= 0.6 is 11.6 Å². The Labute approximate surface area is 167 Å². The van der Waals surface area contributed by atoms with E-state index in [1.54, 1.807) is 42.5 Å². The zero-order valence-corrected chi connectivity index (χ0v) is 15.8. The molecule has 28 heavy (non-hydrogen) atoms. The van der Waals surface area contributed by atoms with E-state index in [1.165, 1.54) is 19.4 Å². The maximum atomic E-state index is 12.9. The fraction of sp³-hybridized carbons (Fsp3) is 0.0455. The van der Waals surface area contributed by atoms with Gasteiger partial charge < -0.3 is 9.84 Å². The second-order valence-electron chi connectivity index (χ2n) is 5.81. The highest BCUT2D eigenvalue weighted by Crippen LogP contribution is 2.34. The molecule has 6 heteroatoms. The summed E-state index contributed by atoms with van der Waals surface area (Å²) in [5.41, 5.74) is 1.98. The Kier molecular flexibility index (Phi) is 6.19. The van der Waals surface area contributed by atoms with Gasteiger partial charge in [0.15, 0.2) is 11.5 Å². The van der Waals surface area contributed by atoms with Crippen LogP contribution in [0.15, 0.2) is 83.0 Å². The summed E-state index contributed by atoms with van der Waals surface area (Å²) >= 11 is 5.98. The Morgan fingerprint density at radius 3 is 2.21 bits per heavy atom. The molecule has 0 aliphatic rings. The fourth-order valence-electron chi connectivity index (χ4n) is 2.53. The second kappa shape index (κ2) is 8.97.